The van der Waals surface area contributed by atoms with Crippen molar-refractivity contribution in [3.8, 4) is 0 Å². The van der Waals surface area contributed by atoms with Crippen LogP contribution in [0.4, 0.5) is 11.4 Å². The molecule has 1 aliphatic heterocycles. The number of sulfonamides is 1. The molecule has 0 atom stereocenters. The Morgan fingerprint density at radius 3 is 2.19 bits per heavy atom. The molecule has 0 saturated carbocycles. The van der Waals surface area contributed by atoms with Crippen LogP contribution in [-0.2, 0) is 21.4 Å². The number of aryl methyl sites for hydroxylation is 1. The van der Waals surface area contributed by atoms with Crippen LogP contribution < -0.4 is 5.56 Å². The van der Waals surface area contributed by atoms with E-state index in [1.54, 1.807) is 0 Å². The lowest BCUT2D eigenvalue weighted by atomic mass is 10.2. The van der Waals surface area contributed by atoms with E-state index in [0.717, 1.165) is 33.3 Å². The minimum Gasteiger partial charge on any atom is -0.339 e. The maximum absolute atomic E-state index is 13.0. The number of piperazine rings is 1. The highest BCUT2D eigenvalue weighted by molar-refractivity contribution is 7.89. The third-order valence-corrected chi connectivity index (χ3v) is 7.12. The summed E-state index contributed by atoms with van der Waals surface area (Å²) in [5, 5.41) is 21.9. The molecule has 1 amide bonds. The number of carbonyl (C=O) groups excluding carboxylic acids is 1. The van der Waals surface area contributed by atoms with Gasteiger partial charge in [0.25, 0.3) is 16.9 Å². The lowest BCUT2D eigenvalue weighted by Crippen LogP contribution is -2.51. The van der Waals surface area contributed by atoms with Crippen molar-refractivity contribution in [2.45, 2.75) is 18.4 Å². The summed E-state index contributed by atoms with van der Waals surface area (Å²) in [5.74, 6) is -0.490. The number of nitro benzene ring substituents is 1. The molecule has 0 N–H and O–H groups in total. The zero-order valence-corrected chi connectivity index (χ0v) is 17.7. The molecule has 13 nitrogen and oxygen atoms in total. The standard InChI is InChI=1S/C18H19N5O8S/c1-13-2-3-14(22(26)27)10-16(13)32(30,31)21-8-6-19(7-9-21)18(25)12-20-11-15(23(28)29)4-5-17(20)24/h2-5,10-11H,6-9,12H2,1H3. The number of hydrogen-bond acceptors (Lipinski definition) is 8. The fraction of sp³-hybridized carbons (Fsp3) is 0.333. The monoisotopic (exact) mass is 465 g/mol. The van der Waals surface area contributed by atoms with Crippen LogP contribution in [0.3, 0.4) is 0 Å². The van der Waals surface area contributed by atoms with Crippen molar-refractivity contribution in [2.24, 2.45) is 0 Å². The maximum atomic E-state index is 13.0. The topological polar surface area (TPSA) is 166 Å². The summed E-state index contributed by atoms with van der Waals surface area (Å²) in [5.41, 5.74) is -0.892. The number of nitrogens with zero attached hydrogens (tertiary/aromatic N) is 5. The first-order chi connectivity index (χ1) is 15.0. The molecule has 3 rings (SSSR count). The molecule has 14 heteroatoms. The molecule has 1 saturated heterocycles. The van der Waals surface area contributed by atoms with Gasteiger partial charge in [0.1, 0.15) is 6.54 Å². The van der Waals surface area contributed by atoms with Gasteiger partial charge in [-0.2, -0.15) is 4.31 Å². The molecule has 0 spiro atoms. The van der Waals surface area contributed by atoms with Crippen molar-refractivity contribution in [3.05, 3.63) is 72.7 Å². The molecule has 1 aliphatic rings. The second kappa shape index (κ2) is 8.84. The van der Waals surface area contributed by atoms with Crippen molar-refractivity contribution in [3.63, 3.8) is 0 Å². The van der Waals surface area contributed by atoms with Crippen molar-refractivity contribution in [1.29, 1.82) is 0 Å². The van der Waals surface area contributed by atoms with Crippen LogP contribution >= 0.6 is 0 Å². The summed E-state index contributed by atoms with van der Waals surface area (Å²) in [6.07, 6.45) is 0.978. The number of hydrogen-bond donors (Lipinski definition) is 0. The van der Waals surface area contributed by atoms with Gasteiger partial charge in [0.15, 0.2) is 0 Å². The van der Waals surface area contributed by atoms with E-state index >= 15 is 0 Å². The lowest BCUT2D eigenvalue weighted by Gasteiger charge is -2.34. The van der Waals surface area contributed by atoms with Gasteiger partial charge in [-0.25, -0.2) is 8.42 Å². The minimum atomic E-state index is -4.02. The zero-order chi connectivity index (χ0) is 23.6. The lowest BCUT2D eigenvalue weighted by molar-refractivity contribution is -0.385. The van der Waals surface area contributed by atoms with Gasteiger partial charge in [0, 0.05) is 50.4 Å². The first-order valence-electron chi connectivity index (χ1n) is 9.38. The fourth-order valence-electron chi connectivity index (χ4n) is 3.29. The molecule has 2 heterocycles. The molecule has 1 aromatic heterocycles. The summed E-state index contributed by atoms with van der Waals surface area (Å²) in [7, 11) is -4.02. The van der Waals surface area contributed by atoms with Gasteiger partial charge in [-0.1, -0.05) is 6.07 Å². The van der Waals surface area contributed by atoms with Crippen LogP contribution in [0.2, 0.25) is 0 Å². The van der Waals surface area contributed by atoms with Crippen LogP contribution in [0.5, 0.6) is 0 Å². The van der Waals surface area contributed by atoms with Gasteiger partial charge in [-0.3, -0.25) is 34.4 Å². The maximum Gasteiger partial charge on any atom is 0.285 e. The van der Waals surface area contributed by atoms with Gasteiger partial charge in [-0.05, 0) is 12.5 Å². The third kappa shape index (κ3) is 4.65. The highest BCUT2D eigenvalue weighted by Crippen LogP contribution is 2.25. The Kier molecular flexibility index (Phi) is 6.36. The number of non-ortho nitro benzene ring substituents is 1. The van der Waals surface area contributed by atoms with Crippen LogP contribution in [0, 0.1) is 27.2 Å². The van der Waals surface area contributed by atoms with Crippen molar-refractivity contribution < 1.29 is 23.1 Å². The second-order valence-electron chi connectivity index (χ2n) is 7.10. The van der Waals surface area contributed by atoms with Crippen molar-refractivity contribution in [2.75, 3.05) is 26.2 Å². The van der Waals surface area contributed by atoms with Gasteiger partial charge in [0.05, 0.1) is 20.9 Å². The number of amides is 1. The highest BCUT2D eigenvalue weighted by Gasteiger charge is 2.32. The molecule has 0 radical (unpaired) electrons. The summed E-state index contributed by atoms with van der Waals surface area (Å²) in [4.78, 5) is 46.2. The van der Waals surface area contributed by atoms with E-state index in [9.17, 15) is 38.2 Å². The number of pyridine rings is 1. The summed E-state index contributed by atoms with van der Waals surface area (Å²) in [6.45, 7) is 1.11. The highest BCUT2D eigenvalue weighted by atomic mass is 32.2. The minimum absolute atomic E-state index is 0.0374. The Bertz CT molecular complexity index is 1250. The molecular weight excluding hydrogens is 446 g/mol. The number of nitro groups is 2. The largest absolute Gasteiger partial charge is 0.339 e. The van der Waals surface area contributed by atoms with Crippen molar-refractivity contribution >= 4 is 27.3 Å². The van der Waals surface area contributed by atoms with E-state index in [4.69, 9.17) is 0 Å². The van der Waals surface area contributed by atoms with E-state index in [1.807, 2.05) is 0 Å². The second-order valence-corrected chi connectivity index (χ2v) is 9.01. The molecule has 32 heavy (non-hydrogen) atoms. The van der Waals surface area contributed by atoms with Gasteiger partial charge < -0.3 is 4.90 Å². The third-order valence-electron chi connectivity index (χ3n) is 5.08. The van der Waals surface area contributed by atoms with E-state index in [2.05, 4.69) is 0 Å². The molecule has 1 aromatic carbocycles. The summed E-state index contributed by atoms with van der Waals surface area (Å²) in [6, 6.07) is 5.64. The van der Waals surface area contributed by atoms with Crippen molar-refractivity contribution in [1.82, 2.24) is 13.8 Å². The smallest absolute Gasteiger partial charge is 0.285 e. The quantitative estimate of drug-likeness (QED) is 0.439. The van der Waals surface area contributed by atoms with Crippen LogP contribution in [0.15, 0.2) is 46.2 Å². The van der Waals surface area contributed by atoms with Gasteiger partial charge >= 0.3 is 0 Å². The molecule has 1 fully saturated rings. The Hall–Kier alpha value is -3.65. The normalized spacial score (nSPS) is 14.8. The Morgan fingerprint density at radius 2 is 1.59 bits per heavy atom. The fourth-order valence-corrected chi connectivity index (χ4v) is 4.96. The predicted octanol–water partition coefficient (Wildman–Crippen LogP) is 0.506. The Labute approximate surface area is 181 Å². The number of benzene rings is 1. The first kappa shape index (κ1) is 23.0. The van der Waals surface area contributed by atoms with Gasteiger partial charge in [-0.15, -0.1) is 0 Å². The Balaban J connectivity index is 1.71. The number of rotatable bonds is 6. The molecule has 2 aromatic rings. The Morgan fingerprint density at radius 1 is 1.00 bits per heavy atom. The molecule has 0 bridgehead atoms. The SMILES string of the molecule is Cc1ccc([N+](=O)[O-])cc1S(=O)(=O)N1CCN(C(=O)Cn2cc([N+](=O)[O-])ccc2=O)CC1. The van der Waals surface area contributed by atoms with Gasteiger partial charge in [0.2, 0.25) is 15.9 Å². The predicted molar refractivity (Wildman–Crippen MR) is 111 cm³/mol. The van der Waals surface area contributed by atoms with Crippen LogP contribution in [0.1, 0.15) is 5.56 Å². The number of carbonyl (C=O) groups is 1. The van der Waals surface area contributed by atoms with E-state index in [-0.39, 0.29) is 42.4 Å². The van der Waals surface area contributed by atoms with Crippen LogP contribution in [0.25, 0.3) is 0 Å². The van der Waals surface area contributed by atoms with E-state index in [1.165, 1.54) is 24.0 Å². The molecule has 0 aliphatic carbocycles. The molecular formula is C18H19N5O8S. The van der Waals surface area contributed by atoms with E-state index < -0.39 is 37.9 Å². The summed E-state index contributed by atoms with van der Waals surface area (Å²) >= 11 is 0. The average Bonchev–Trinajstić information content (AvgIpc) is 2.75. The molecule has 170 valence electrons. The molecule has 0 unspecified atom stereocenters. The first-order valence-corrected chi connectivity index (χ1v) is 10.8. The number of aromatic nitrogens is 1. The zero-order valence-electron chi connectivity index (χ0n) is 16.9. The van der Waals surface area contributed by atoms with Crippen LogP contribution in [-0.4, -0.2) is 64.1 Å². The van der Waals surface area contributed by atoms with E-state index in [0.29, 0.717) is 5.56 Å². The summed E-state index contributed by atoms with van der Waals surface area (Å²) < 4.78 is 28.0. The average molecular weight is 465 g/mol.